The minimum atomic E-state index is 0.333. The van der Waals surface area contributed by atoms with E-state index in [0.717, 1.165) is 12.0 Å². The molecule has 2 N–H and O–H groups in total. The van der Waals surface area contributed by atoms with Crippen LogP contribution in [0.3, 0.4) is 0 Å². The van der Waals surface area contributed by atoms with E-state index in [1.54, 1.807) is 6.07 Å². The van der Waals surface area contributed by atoms with E-state index in [-0.39, 0.29) is 0 Å². The van der Waals surface area contributed by atoms with E-state index in [9.17, 15) is 0 Å². The molecule has 0 radical (unpaired) electrons. The van der Waals surface area contributed by atoms with Gasteiger partial charge in [0.05, 0.1) is 0 Å². The second-order valence-electron chi connectivity index (χ2n) is 2.39. The lowest BCUT2D eigenvalue weighted by Crippen LogP contribution is -1.96. The lowest BCUT2D eigenvalue weighted by Gasteiger charge is -1.97. The number of nitrogen functional groups attached to an aromatic ring is 1. The van der Waals surface area contributed by atoms with Gasteiger partial charge in [-0.3, -0.25) is 0 Å². The average Bonchev–Trinajstić information content (AvgIpc) is 2.11. The van der Waals surface area contributed by atoms with E-state index in [2.05, 4.69) is 10.2 Å². The Bertz CT molecular complexity index is 312. The number of halogens is 2. The minimum Gasteiger partial charge on any atom is -0.382 e. The van der Waals surface area contributed by atoms with Gasteiger partial charge in [0.25, 0.3) is 0 Å². The molecule has 1 heterocycles. The van der Waals surface area contributed by atoms with Gasteiger partial charge in [-0.05, 0) is 12.5 Å². The number of allylic oxidation sites excluding steroid dienone is 1. The van der Waals surface area contributed by atoms with Gasteiger partial charge in [0.15, 0.2) is 11.0 Å². The molecule has 0 aliphatic rings. The molecule has 0 atom stereocenters. The van der Waals surface area contributed by atoms with E-state index in [4.69, 9.17) is 28.9 Å². The van der Waals surface area contributed by atoms with E-state index in [1.165, 1.54) is 0 Å². The van der Waals surface area contributed by atoms with Crippen LogP contribution in [0.15, 0.2) is 12.1 Å². The van der Waals surface area contributed by atoms with Gasteiger partial charge in [0.1, 0.15) is 0 Å². The summed E-state index contributed by atoms with van der Waals surface area (Å²) >= 11 is 11.1. The van der Waals surface area contributed by atoms with Crippen molar-refractivity contribution in [3.63, 3.8) is 0 Å². The Balaban J connectivity index is 2.81. The zero-order chi connectivity index (χ0) is 9.68. The summed E-state index contributed by atoms with van der Waals surface area (Å²) in [5.74, 6) is 0.957. The summed E-state index contributed by atoms with van der Waals surface area (Å²) in [7, 11) is 0. The molecule has 0 bridgehead atoms. The van der Waals surface area contributed by atoms with Gasteiger partial charge in [0, 0.05) is 11.4 Å². The van der Waals surface area contributed by atoms with Crippen molar-refractivity contribution in [2.75, 3.05) is 11.6 Å². The smallest absolute Gasteiger partial charge is 0.153 e. The maximum Gasteiger partial charge on any atom is 0.153 e. The first-order valence-corrected chi connectivity index (χ1v) is 4.66. The van der Waals surface area contributed by atoms with Crippen LogP contribution >= 0.6 is 23.2 Å². The maximum atomic E-state index is 5.64. The van der Waals surface area contributed by atoms with Crippen molar-refractivity contribution in [3.8, 4) is 0 Å². The van der Waals surface area contributed by atoms with Crippen LogP contribution in [0, 0.1) is 0 Å². The number of hydrogen-bond acceptors (Lipinski definition) is 3. The number of rotatable bonds is 3. The molecule has 1 rings (SSSR count). The molecule has 70 valence electrons. The molecule has 0 amide bonds. The van der Waals surface area contributed by atoms with Crippen molar-refractivity contribution in [2.45, 2.75) is 6.42 Å². The molecule has 0 aromatic carbocycles. The maximum absolute atomic E-state index is 5.64. The molecule has 5 heteroatoms. The van der Waals surface area contributed by atoms with E-state index in [1.807, 2.05) is 12.2 Å². The average molecular weight is 218 g/mol. The van der Waals surface area contributed by atoms with E-state index >= 15 is 0 Å². The highest BCUT2D eigenvalue weighted by Gasteiger charge is 1.98. The van der Waals surface area contributed by atoms with Gasteiger partial charge in [-0.25, -0.2) is 0 Å². The van der Waals surface area contributed by atoms with Crippen LogP contribution in [-0.4, -0.2) is 16.1 Å². The molecular formula is C8H9Cl2N3. The molecule has 1 aromatic heterocycles. The van der Waals surface area contributed by atoms with Crippen molar-refractivity contribution in [1.82, 2.24) is 10.2 Å². The normalized spacial score (nSPS) is 10.9. The standard InChI is InChI=1S/C8H9Cl2N3/c9-4-2-1-3-6-5-7(10)12-13-8(6)11/h1,3,5H,2,4H2,(H2,11,13). The van der Waals surface area contributed by atoms with Crippen LogP contribution in [0.4, 0.5) is 5.82 Å². The van der Waals surface area contributed by atoms with Gasteiger partial charge in [-0.2, -0.15) is 0 Å². The first-order valence-electron chi connectivity index (χ1n) is 3.75. The molecule has 3 nitrogen and oxygen atoms in total. The van der Waals surface area contributed by atoms with Crippen molar-refractivity contribution in [2.24, 2.45) is 0 Å². The Morgan fingerprint density at radius 1 is 1.46 bits per heavy atom. The summed E-state index contributed by atoms with van der Waals surface area (Å²) < 4.78 is 0. The Labute approximate surface area is 86.6 Å². The largest absolute Gasteiger partial charge is 0.382 e. The van der Waals surface area contributed by atoms with Crippen LogP contribution in [0.25, 0.3) is 6.08 Å². The van der Waals surface area contributed by atoms with Crippen LogP contribution in [0.5, 0.6) is 0 Å². The molecule has 0 fully saturated rings. The Morgan fingerprint density at radius 3 is 2.92 bits per heavy atom. The molecule has 13 heavy (non-hydrogen) atoms. The zero-order valence-corrected chi connectivity index (χ0v) is 8.39. The fourth-order valence-electron chi connectivity index (χ4n) is 0.797. The molecular weight excluding hydrogens is 209 g/mol. The highest BCUT2D eigenvalue weighted by atomic mass is 35.5. The first kappa shape index (κ1) is 10.3. The lowest BCUT2D eigenvalue weighted by atomic mass is 10.2. The first-order chi connectivity index (χ1) is 6.24. The summed E-state index contributed by atoms with van der Waals surface area (Å²) in [6.45, 7) is 0. The van der Waals surface area contributed by atoms with Gasteiger partial charge < -0.3 is 5.73 Å². The number of nitrogens with two attached hydrogens (primary N) is 1. The number of nitrogens with zero attached hydrogens (tertiary/aromatic N) is 2. The van der Waals surface area contributed by atoms with Gasteiger partial charge in [0.2, 0.25) is 0 Å². The molecule has 0 saturated heterocycles. The number of aromatic nitrogens is 2. The molecule has 0 aliphatic carbocycles. The van der Waals surface area contributed by atoms with Crippen LogP contribution in [0.1, 0.15) is 12.0 Å². The van der Waals surface area contributed by atoms with Crippen LogP contribution in [-0.2, 0) is 0 Å². The van der Waals surface area contributed by atoms with Gasteiger partial charge in [-0.15, -0.1) is 21.8 Å². The number of anilines is 1. The summed E-state index contributed by atoms with van der Waals surface area (Å²) in [5, 5.41) is 7.60. The summed E-state index contributed by atoms with van der Waals surface area (Å²) in [6.07, 6.45) is 4.54. The SMILES string of the molecule is Nc1nnc(Cl)cc1C=CCCCl. The molecule has 1 aromatic rings. The second-order valence-corrected chi connectivity index (χ2v) is 3.15. The molecule has 0 unspecified atom stereocenters. The molecule has 0 spiro atoms. The second kappa shape index (κ2) is 5.04. The molecule has 0 aliphatic heterocycles. The summed E-state index contributed by atoms with van der Waals surface area (Å²) in [5.41, 5.74) is 6.32. The van der Waals surface area contributed by atoms with Crippen molar-refractivity contribution in [3.05, 3.63) is 22.9 Å². The Morgan fingerprint density at radius 2 is 2.23 bits per heavy atom. The third-order valence-corrected chi connectivity index (χ3v) is 1.80. The fraction of sp³-hybridized carbons (Fsp3) is 0.250. The van der Waals surface area contributed by atoms with Crippen LogP contribution < -0.4 is 5.73 Å². The zero-order valence-electron chi connectivity index (χ0n) is 6.87. The van der Waals surface area contributed by atoms with Gasteiger partial charge >= 0.3 is 0 Å². The Hall–Kier alpha value is -0.800. The van der Waals surface area contributed by atoms with E-state index < -0.39 is 0 Å². The highest BCUT2D eigenvalue weighted by Crippen LogP contribution is 2.13. The van der Waals surface area contributed by atoms with E-state index in [0.29, 0.717) is 16.9 Å². The third kappa shape index (κ3) is 3.20. The predicted molar refractivity (Wildman–Crippen MR) is 55.8 cm³/mol. The summed E-state index contributed by atoms with van der Waals surface area (Å²) in [6, 6.07) is 1.66. The molecule has 0 saturated carbocycles. The Kier molecular flexibility index (Phi) is 3.99. The van der Waals surface area contributed by atoms with Gasteiger partial charge in [-0.1, -0.05) is 23.8 Å². The fourth-order valence-corrected chi connectivity index (χ4v) is 1.08. The quantitative estimate of drug-likeness (QED) is 0.792. The van der Waals surface area contributed by atoms with Crippen LogP contribution in [0.2, 0.25) is 5.15 Å². The number of alkyl halides is 1. The van der Waals surface area contributed by atoms with Crippen molar-refractivity contribution in [1.29, 1.82) is 0 Å². The predicted octanol–water partition coefficient (Wildman–Crippen LogP) is 2.35. The minimum absolute atomic E-state index is 0.333. The monoisotopic (exact) mass is 217 g/mol. The third-order valence-electron chi connectivity index (χ3n) is 1.40. The number of hydrogen-bond donors (Lipinski definition) is 1. The van der Waals surface area contributed by atoms with Crippen molar-refractivity contribution >= 4 is 35.1 Å². The highest BCUT2D eigenvalue weighted by molar-refractivity contribution is 6.29. The summed E-state index contributed by atoms with van der Waals surface area (Å²) in [4.78, 5) is 0. The lowest BCUT2D eigenvalue weighted by molar-refractivity contribution is 1.04. The van der Waals surface area contributed by atoms with Crippen molar-refractivity contribution < 1.29 is 0 Å². The topological polar surface area (TPSA) is 51.8 Å².